The van der Waals surface area contributed by atoms with Gasteiger partial charge in [-0.1, -0.05) is 23.1 Å². The SMILES string of the molecule is NC(=O)CCCCNc1nnc(SCC(=O)O)s1. The molecule has 18 heavy (non-hydrogen) atoms. The molecule has 0 saturated heterocycles. The number of primary amides is 1. The van der Waals surface area contributed by atoms with Crippen molar-refractivity contribution >= 4 is 40.1 Å². The molecule has 4 N–H and O–H groups in total. The highest BCUT2D eigenvalue weighted by Crippen LogP contribution is 2.25. The summed E-state index contributed by atoms with van der Waals surface area (Å²) in [7, 11) is 0. The Kier molecular flexibility index (Phi) is 6.44. The summed E-state index contributed by atoms with van der Waals surface area (Å²) in [5, 5.41) is 19.9. The van der Waals surface area contributed by atoms with Crippen molar-refractivity contribution in [3.63, 3.8) is 0 Å². The Morgan fingerprint density at radius 2 is 2.17 bits per heavy atom. The van der Waals surface area contributed by atoms with Crippen LogP contribution in [0.25, 0.3) is 0 Å². The van der Waals surface area contributed by atoms with E-state index in [2.05, 4.69) is 15.5 Å². The number of hydrogen-bond donors (Lipinski definition) is 3. The van der Waals surface area contributed by atoms with Gasteiger partial charge in [0.05, 0.1) is 5.75 Å². The largest absolute Gasteiger partial charge is 0.481 e. The van der Waals surface area contributed by atoms with Crippen LogP contribution in [-0.2, 0) is 9.59 Å². The molecule has 9 heteroatoms. The lowest BCUT2D eigenvalue weighted by atomic mass is 10.2. The van der Waals surface area contributed by atoms with Crippen molar-refractivity contribution in [3.05, 3.63) is 0 Å². The van der Waals surface area contributed by atoms with Crippen LogP contribution < -0.4 is 11.1 Å². The Labute approximate surface area is 112 Å². The summed E-state index contributed by atoms with van der Waals surface area (Å²) in [4.78, 5) is 20.9. The number of carboxylic acids is 1. The molecule has 0 atom stereocenters. The molecule has 1 aromatic rings. The number of anilines is 1. The van der Waals surface area contributed by atoms with Gasteiger partial charge in [0.1, 0.15) is 0 Å². The summed E-state index contributed by atoms with van der Waals surface area (Å²) in [5.74, 6) is -1.19. The topological polar surface area (TPSA) is 118 Å². The molecule has 1 aromatic heterocycles. The van der Waals surface area contributed by atoms with Crippen LogP contribution in [0.5, 0.6) is 0 Å². The van der Waals surface area contributed by atoms with Gasteiger partial charge in [-0.3, -0.25) is 9.59 Å². The van der Waals surface area contributed by atoms with Crippen LogP contribution in [0.15, 0.2) is 4.34 Å². The highest BCUT2D eigenvalue weighted by atomic mass is 32.2. The van der Waals surface area contributed by atoms with E-state index in [4.69, 9.17) is 10.8 Å². The second-order valence-corrected chi connectivity index (χ2v) is 5.61. The Morgan fingerprint density at radius 1 is 1.39 bits per heavy atom. The molecule has 0 fully saturated rings. The Morgan fingerprint density at radius 3 is 2.83 bits per heavy atom. The van der Waals surface area contributed by atoms with E-state index >= 15 is 0 Å². The molecule has 0 unspecified atom stereocenters. The van der Waals surface area contributed by atoms with Crippen molar-refractivity contribution in [2.45, 2.75) is 23.6 Å². The average molecular weight is 290 g/mol. The molecule has 100 valence electrons. The maximum atomic E-state index is 10.5. The lowest BCUT2D eigenvalue weighted by Crippen LogP contribution is -2.10. The number of nitrogens with two attached hydrogens (primary N) is 1. The number of carboxylic acid groups (broad SMARTS) is 1. The predicted octanol–water partition coefficient (Wildman–Crippen LogP) is 0.782. The molecule has 0 aromatic carbocycles. The summed E-state index contributed by atoms with van der Waals surface area (Å²) in [6, 6.07) is 0. The van der Waals surface area contributed by atoms with E-state index in [0.717, 1.165) is 24.6 Å². The molecule has 0 aliphatic rings. The number of unbranched alkanes of at least 4 members (excludes halogenated alkanes) is 1. The number of thioether (sulfide) groups is 1. The van der Waals surface area contributed by atoms with Gasteiger partial charge in [-0.25, -0.2) is 0 Å². The van der Waals surface area contributed by atoms with Crippen LogP contribution in [0.4, 0.5) is 5.13 Å². The summed E-state index contributed by atoms with van der Waals surface area (Å²) in [6.07, 6.45) is 1.94. The third kappa shape index (κ3) is 6.40. The zero-order valence-corrected chi connectivity index (χ0v) is 11.2. The molecule has 0 spiro atoms. The molecule has 0 aliphatic carbocycles. The third-order valence-electron chi connectivity index (χ3n) is 1.85. The minimum absolute atomic E-state index is 0.0206. The molecule has 1 heterocycles. The summed E-state index contributed by atoms with van der Waals surface area (Å²) >= 11 is 2.46. The van der Waals surface area contributed by atoms with Gasteiger partial charge in [0.15, 0.2) is 4.34 Å². The van der Waals surface area contributed by atoms with E-state index in [0.29, 0.717) is 22.4 Å². The van der Waals surface area contributed by atoms with Gasteiger partial charge < -0.3 is 16.2 Å². The minimum Gasteiger partial charge on any atom is -0.481 e. The number of rotatable bonds is 9. The molecule has 1 amide bonds. The van der Waals surface area contributed by atoms with Gasteiger partial charge in [-0.15, -0.1) is 10.2 Å². The van der Waals surface area contributed by atoms with E-state index in [9.17, 15) is 9.59 Å². The molecule has 0 saturated carbocycles. The zero-order chi connectivity index (χ0) is 13.4. The van der Waals surface area contributed by atoms with Crippen LogP contribution in [0.2, 0.25) is 0 Å². The predicted molar refractivity (Wildman–Crippen MR) is 69.8 cm³/mol. The van der Waals surface area contributed by atoms with Crippen molar-refractivity contribution < 1.29 is 14.7 Å². The quantitative estimate of drug-likeness (QED) is 0.454. The first-order valence-electron chi connectivity index (χ1n) is 5.28. The van der Waals surface area contributed by atoms with Gasteiger partial charge >= 0.3 is 5.97 Å². The fraction of sp³-hybridized carbons (Fsp3) is 0.556. The van der Waals surface area contributed by atoms with Crippen LogP contribution in [0.3, 0.4) is 0 Å². The van der Waals surface area contributed by atoms with Crippen LogP contribution >= 0.6 is 23.1 Å². The Balaban J connectivity index is 2.18. The van der Waals surface area contributed by atoms with Crippen molar-refractivity contribution in [2.75, 3.05) is 17.6 Å². The molecular weight excluding hydrogens is 276 g/mol. The lowest BCUT2D eigenvalue weighted by molar-refractivity contribution is -0.133. The first-order valence-corrected chi connectivity index (χ1v) is 7.08. The smallest absolute Gasteiger partial charge is 0.313 e. The average Bonchev–Trinajstić information content (AvgIpc) is 2.73. The molecular formula is C9H14N4O3S2. The highest BCUT2D eigenvalue weighted by Gasteiger charge is 2.06. The number of hydrogen-bond acceptors (Lipinski definition) is 7. The Hall–Kier alpha value is -1.35. The van der Waals surface area contributed by atoms with Crippen molar-refractivity contribution in [3.8, 4) is 0 Å². The lowest BCUT2D eigenvalue weighted by Gasteiger charge is -1.99. The third-order valence-corrected chi connectivity index (χ3v) is 3.85. The number of nitrogens with one attached hydrogen (secondary N) is 1. The first kappa shape index (κ1) is 14.7. The molecule has 1 rings (SSSR count). The standard InChI is InChI=1S/C9H14N4O3S2/c10-6(14)3-1-2-4-11-8-12-13-9(18-8)17-5-7(15)16/h1-5H2,(H2,10,14)(H,11,12)(H,15,16). The molecule has 0 radical (unpaired) electrons. The van der Waals surface area contributed by atoms with E-state index in [1.165, 1.54) is 11.3 Å². The molecule has 7 nitrogen and oxygen atoms in total. The van der Waals surface area contributed by atoms with Crippen LogP contribution in [-0.4, -0.2) is 39.5 Å². The summed E-state index contributed by atoms with van der Waals surface area (Å²) in [5.41, 5.74) is 5.02. The van der Waals surface area contributed by atoms with E-state index < -0.39 is 5.97 Å². The molecule has 0 aliphatic heterocycles. The van der Waals surface area contributed by atoms with Crippen LogP contribution in [0, 0.1) is 0 Å². The second kappa shape index (κ2) is 7.88. The number of carbonyl (C=O) groups excluding carboxylic acids is 1. The van der Waals surface area contributed by atoms with Gasteiger partial charge in [0, 0.05) is 13.0 Å². The van der Waals surface area contributed by atoms with Gasteiger partial charge in [-0.05, 0) is 12.8 Å². The summed E-state index contributed by atoms with van der Waals surface area (Å²) < 4.78 is 0.622. The maximum Gasteiger partial charge on any atom is 0.313 e. The van der Waals surface area contributed by atoms with Crippen molar-refractivity contribution in [1.82, 2.24) is 10.2 Å². The van der Waals surface area contributed by atoms with Gasteiger partial charge in [0.25, 0.3) is 0 Å². The Bertz CT molecular complexity index is 410. The summed E-state index contributed by atoms with van der Waals surface area (Å²) in [6.45, 7) is 0.686. The normalized spacial score (nSPS) is 10.2. The second-order valence-electron chi connectivity index (χ2n) is 3.41. The number of aliphatic carboxylic acids is 1. The van der Waals surface area contributed by atoms with Crippen molar-refractivity contribution in [2.24, 2.45) is 5.73 Å². The van der Waals surface area contributed by atoms with Gasteiger partial charge in [-0.2, -0.15) is 0 Å². The fourth-order valence-electron chi connectivity index (χ4n) is 1.08. The zero-order valence-electron chi connectivity index (χ0n) is 9.59. The van der Waals surface area contributed by atoms with Crippen molar-refractivity contribution in [1.29, 1.82) is 0 Å². The number of amides is 1. The number of carbonyl (C=O) groups is 2. The highest BCUT2D eigenvalue weighted by molar-refractivity contribution is 8.01. The van der Waals surface area contributed by atoms with Gasteiger partial charge in [0.2, 0.25) is 11.0 Å². The van der Waals surface area contributed by atoms with E-state index in [1.54, 1.807) is 0 Å². The fourth-order valence-corrected chi connectivity index (χ4v) is 2.58. The number of nitrogens with zero attached hydrogens (tertiary/aromatic N) is 2. The van der Waals surface area contributed by atoms with E-state index in [1.807, 2.05) is 0 Å². The maximum absolute atomic E-state index is 10.5. The van der Waals surface area contributed by atoms with Crippen LogP contribution in [0.1, 0.15) is 19.3 Å². The monoisotopic (exact) mass is 290 g/mol. The minimum atomic E-state index is -0.879. The number of aromatic nitrogens is 2. The first-order chi connectivity index (χ1) is 8.58. The van der Waals surface area contributed by atoms with E-state index in [-0.39, 0.29) is 11.7 Å². The molecule has 0 bridgehead atoms.